The highest BCUT2D eigenvalue weighted by atomic mass is 32.2. The number of benzene rings is 1. The Morgan fingerprint density at radius 2 is 2.04 bits per heavy atom. The van der Waals surface area contributed by atoms with Gasteiger partial charge in [0.05, 0.1) is 17.5 Å². The number of fused-ring (bicyclic) bond motifs is 3. The van der Waals surface area contributed by atoms with E-state index in [9.17, 15) is 12.8 Å². The summed E-state index contributed by atoms with van der Waals surface area (Å²) in [5.74, 6) is 0.153. The molecule has 1 fully saturated rings. The van der Waals surface area contributed by atoms with Gasteiger partial charge in [0.15, 0.2) is 21.1 Å². The van der Waals surface area contributed by atoms with Gasteiger partial charge in [0.1, 0.15) is 16.5 Å². The minimum absolute atomic E-state index is 0.0366. The van der Waals surface area contributed by atoms with Crippen LogP contribution in [0.2, 0.25) is 0 Å². The molecule has 0 aliphatic heterocycles. The molecule has 5 rings (SSSR count). The highest BCUT2D eigenvalue weighted by Gasteiger charge is 2.33. The molecule has 0 radical (unpaired) electrons. The average Bonchev–Trinajstić information content (AvgIpc) is 3.39. The van der Waals surface area contributed by atoms with Gasteiger partial charge in [0, 0.05) is 12.1 Å². The summed E-state index contributed by atoms with van der Waals surface area (Å²) in [5.41, 5.74) is 2.33. The fraction of sp³-hybridized carbons (Fsp3) is 0.316. The number of aromatic nitrogens is 5. The van der Waals surface area contributed by atoms with Crippen LogP contribution in [0.4, 0.5) is 4.39 Å². The number of hydrogen-bond donors (Lipinski definition) is 1. The Bertz CT molecular complexity index is 1280. The van der Waals surface area contributed by atoms with Crippen molar-refractivity contribution in [1.29, 1.82) is 0 Å². The van der Waals surface area contributed by atoms with Gasteiger partial charge in [-0.15, -0.1) is 10.2 Å². The standard InChI is InChI=1S/C19H18FN5O2S/c20-14-3-1-2-4-16(14)28(26,27)11-12-5-6-13(9-12)19-24-23-17-10-22-18-15(25(17)19)7-8-21-18/h1-4,7-8,10,12-13,21H,5-6,9,11H2/t12-,13+/m0/s1. The molecule has 0 spiro atoms. The SMILES string of the molecule is O=S(=O)(C[C@H]1CC[C@@H](c2nnc3cnc4[nH]ccc4n23)C1)c1ccccc1F. The molecule has 7 nitrogen and oxygen atoms in total. The van der Waals surface area contributed by atoms with E-state index >= 15 is 0 Å². The minimum atomic E-state index is -3.67. The molecule has 0 amide bonds. The van der Waals surface area contributed by atoms with Gasteiger partial charge in [0.2, 0.25) is 0 Å². The number of halogens is 1. The van der Waals surface area contributed by atoms with Crippen molar-refractivity contribution >= 4 is 26.6 Å². The summed E-state index contributed by atoms with van der Waals surface area (Å²) < 4.78 is 41.3. The molecule has 2 atom stereocenters. The Kier molecular flexibility index (Phi) is 3.94. The third-order valence-corrected chi connectivity index (χ3v) is 7.41. The fourth-order valence-corrected chi connectivity index (χ4v) is 5.97. The Morgan fingerprint density at radius 1 is 1.18 bits per heavy atom. The van der Waals surface area contributed by atoms with E-state index in [1.807, 2.05) is 16.7 Å². The summed E-state index contributed by atoms with van der Waals surface area (Å²) in [6.45, 7) is 0. The third kappa shape index (κ3) is 2.77. The van der Waals surface area contributed by atoms with Crippen molar-refractivity contribution in [3.8, 4) is 0 Å². The number of aromatic amines is 1. The maximum absolute atomic E-state index is 13.9. The first-order valence-corrected chi connectivity index (χ1v) is 10.8. The van der Waals surface area contributed by atoms with Gasteiger partial charge >= 0.3 is 0 Å². The van der Waals surface area contributed by atoms with Crippen molar-refractivity contribution in [2.75, 3.05) is 5.75 Å². The van der Waals surface area contributed by atoms with Crippen LogP contribution in [0, 0.1) is 11.7 Å². The fourth-order valence-electron chi connectivity index (χ4n) is 4.22. The quantitative estimate of drug-likeness (QED) is 0.569. The number of nitrogens with one attached hydrogen (secondary N) is 1. The molecule has 28 heavy (non-hydrogen) atoms. The van der Waals surface area contributed by atoms with Gasteiger partial charge in [-0.25, -0.2) is 17.8 Å². The largest absolute Gasteiger partial charge is 0.345 e. The number of hydrogen-bond acceptors (Lipinski definition) is 5. The first kappa shape index (κ1) is 17.3. The van der Waals surface area contributed by atoms with E-state index < -0.39 is 15.7 Å². The predicted molar refractivity (Wildman–Crippen MR) is 101 cm³/mol. The van der Waals surface area contributed by atoms with Crippen LogP contribution in [0.1, 0.15) is 31.0 Å². The van der Waals surface area contributed by atoms with Crippen LogP contribution in [0.3, 0.4) is 0 Å². The van der Waals surface area contributed by atoms with Crippen molar-refractivity contribution in [2.45, 2.75) is 30.1 Å². The Labute approximate surface area is 160 Å². The second-order valence-electron chi connectivity index (χ2n) is 7.31. The zero-order chi connectivity index (χ0) is 19.3. The van der Waals surface area contributed by atoms with Crippen molar-refractivity contribution in [3.63, 3.8) is 0 Å². The van der Waals surface area contributed by atoms with Crippen molar-refractivity contribution in [3.05, 3.63) is 54.4 Å². The van der Waals surface area contributed by atoms with E-state index in [2.05, 4.69) is 20.2 Å². The Hall–Kier alpha value is -2.81. The van der Waals surface area contributed by atoms with Gasteiger partial charge in [0.25, 0.3) is 0 Å². The molecule has 144 valence electrons. The molecule has 1 saturated carbocycles. The summed E-state index contributed by atoms with van der Waals surface area (Å²) in [4.78, 5) is 7.18. The minimum Gasteiger partial charge on any atom is -0.345 e. The van der Waals surface area contributed by atoms with Crippen LogP contribution >= 0.6 is 0 Å². The Morgan fingerprint density at radius 3 is 2.89 bits per heavy atom. The van der Waals surface area contributed by atoms with Crippen molar-refractivity contribution in [1.82, 2.24) is 24.6 Å². The smallest absolute Gasteiger partial charge is 0.181 e. The van der Waals surface area contributed by atoms with Gasteiger partial charge in [-0.2, -0.15) is 0 Å². The van der Waals surface area contributed by atoms with Crippen molar-refractivity contribution in [2.24, 2.45) is 5.92 Å². The first-order valence-electron chi connectivity index (χ1n) is 9.17. The molecule has 1 aromatic carbocycles. The van der Waals surface area contributed by atoms with Gasteiger partial charge in [-0.1, -0.05) is 12.1 Å². The highest BCUT2D eigenvalue weighted by molar-refractivity contribution is 7.91. The van der Waals surface area contributed by atoms with Crippen LogP contribution < -0.4 is 0 Å². The molecule has 1 aliphatic rings. The summed E-state index contributed by atoms with van der Waals surface area (Å²) in [7, 11) is -3.67. The van der Waals surface area contributed by atoms with E-state index in [4.69, 9.17) is 0 Å². The molecule has 1 N–H and O–H groups in total. The topological polar surface area (TPSA) is 93.0 Å². The van der Waals surface area contributed by atoms with Crippen molar-refractivity contribution < 1.29 is 12.8 Å². The predicted octanol–water partition coefficient (Wildman–Crippen LogP) is 3.10. The first-order chi connectivity index (χ1) is 13.5. The molecular formula is C19H18FN5O2S. The Balaban J connectivity index is 1.42. The second-order valence-corrected chi connectivity index (χ2v) is 9.31. The molecule has 1 aliphatic carbocycles. The molecule has 3 aromatic heterocycles. The molecule has 4 aromatic rings. The van der Waals surface area contributed by atoms with E-state index in [1.54, 1.807) is 12.3 Å². The van der Waals surface area contributed by atoms with Crippen LogP contribution in [0.25, 0.3) is 16.8 Å². The number of H-pyrrole nitrogens is 1. The third-order valence-electron chi connectivity index (χ3n) is 5.50. The van der Waals surface area contributed by atoms with E-state index in [1.165, 1.54) is 18.2 Å². The number of sulfone groups is 1. The lowest BCUT2D eigenvalue weighted by atomic mass is 10.1. The number of rotatable bonds is 4. The summed E-state index contributed by atoms with van der Waals surface area (Å²) in [6.07, 6.45) is 5.76. The van der Waals surface area contributed by atoms with Crippen LogP contribution in [0.5, 0.6) is 0 Å². The van der Waals surface area contributed by atoms with E-state index in [-0.39, 0.29) is 22.5 Å². The summed E-state index contributed by atoms with van der Waals surface area (Å²) in [6, 6.07) is 7.48. The zero-order valence-corrected chi connectivity index (χ0v) is 15.7. The maximum Gasteiger partial charge on any atom is 0.181 e. The van der Waals surface area contributed by atoms with Crippen LogP contribution in [0.15, 0.2) is 47.6 Å². The normalized spacial score (nSPS) is 20.3. The molecule has 0 saturated heterocycles. The summed E-state index contributed by atoms with van der Waals surface area (Å²) >= 11 is 0. The van der Waals surface area contributed by atoms with Crippen LogP contribution in [-0.2, 0) is 9.84 Å². The molecule has 9 heteroatoms. The van der Waals surface area contributed by atoms with Gasteiger partial charge < -0.3 is 4.98 Å². The lowest BCUT2D eigenvalue weighted by molar-refractivity contribution is 0.538. The average molecular weight is 399 g/mol. The summed E-state index contributed by atoms with van der Waals surface area (Å²) in [5, 5.41) is 8.58. The lowest BCUT2D eigenvalue weighted by Gasteiger charge is -2.12. The van der Waals surface area contributed by atoms with Gasteiger partial charge in [-0.05, 0) is 43.4 Å². The van der Waals surface area contributed by atoms with Crippen LogP contribution in [-0.4, -0.2) is 38.7 Å². The zero-order valence-electron chi connectivity index (χ0n) is 14.9. The number of nitrogens with zero attached hydrogens (tertiary/aromatic N) is 4. The molecular weight excluding hydrogens is 381 g/mol. The monoisotopic (exact) mass is 399 g/mol. The molecule has 0 bridgehead atoms. The van der Waals surface area contributed by atoms with E-state index in [0.29, 0.717) is 12.1 Å². The molecule has 0 unspecified atom stereocenters. The maximum atomic E-state index is 13.9. The lowest BCUT2D eigenvalue weighted by Crippen LogP contribution is -2.16. The van der Waals surface area contributed by atoms with E-state index in [0.717, 1.165) is 29.8 Å². The van der Waals surface area contributed by atoms with Gasteiger partial charge in [-0.3, -0.25) is 4.40 Å². The molecule has 3 heterocycles. The highest BCUT2D eigenvalue weighted by Crippen LogP contribution is 2.39. The second kappa shape index (κ2) is 6.37.